The van der Waals surface area contributed by atoms with E-state index < -0.39 is 23.7 Å². The number of anilines is 2. The molecule has 23 heavy (non-hydrogen) atoms. The number of ether oxygens (including phenoxy) is 1. The van der Waals surface area contributed by atoms with Crippen LogP contribution in [-0.4, -0.2) is 16.1 Å². The molecule has 120 valence electrons. The number of nitrogens with one attached hydrogen (secondary N) is 1. The summed E-state index contributed by atoms with van der Waals surface area (Å²) in [5, 5.41) is 11.7. The van der Waals surface area contributed by atoms with Gasteiger partial charge in [-0.15, -0.1) is 0 Å². The number of rotatable bonds is 4. The van der Waals surface area contributed by atoms with Crippen LogP contribution < -0.4 is 10.1 Å². The van der Waals surface area contributed by atoms with E-state index >= 15 is 0 Å². The van der Waals surface area contributed by atoms with Crippen molar-refractivity contribution in [2.24, 2.45) is 0 Å². The second kappa shape index (κ2) is 6.52. The smallest absolute Gasteiger partial charge is 0.423 e. The SMILES string of the molecule is CC(C)Oc1nc(Nc2ccccc2C#N)ncc1C(F)(F)F. The number of nitrogens with zero attached hydrogens (tertiary/aromatic N) is 3. The van der Waals surface area contributed by atoms with E-state index in [0.717, 1.165) is 0 Å². The first-order valence-electron chi connectivity index (χ1n) is 6.68. The van der Waals surface area contributed by atoms with Gasteiger partial charge in [0.2, 0.25) is 11.8 Å². The lowest BCUT2D eigenvalue weighted by Gasteiger charge is -2.16. The van der Waals surface area contributed by atoms with Crippen molar-refractivity contribution in [3.63, 3.8) is 0 Å². The van der Waals surface area contributed by atoms with Crippen molar-refractivity contribution in [3.05, 3.63) is 41.6 Å². The molecule has 1 aromatic carbocycles. The van der Waals surface area contributed by atoms with Crippen LogP contribution in [0.2, 0.25) is 0 Å². The van der Waals surface area contributed by atoms with Crippen LogP contribution in [-0.2, 0) is 6.18 Å². The molecule has 0 spiro atoms. The summed E-state index contributed by atoms with van der Waals surface area (Å²) in [4.78, 5) is 7.43. The van der Waals surface area contributed by atoms with Crippen LogP contribution in [0.1, 0.15) is 25.0 Å². The predicted molar refractivity (Wildman–Crippen MR) is 77.2 cm³/mol. The molecule has 1 aromatic heterocycles. The monoisotopic (exact) mass is 322 g/mol. The lowest BCUT2D eigenvalue weighted by molar-refractivity contribution is -0.139. The Kier molecular flexibility index (Phi) is 4.69. The molecule has 5 nitrogen and oxygen atoms in total. The molecule has 1 heterocycles. The summed E-state index contributed by atoms with van der Waals surface area (Å²) >= 11 is 0. The zero-order chi connectivity index (χ0) is 17.0. The van der Waals surface area contributed by atoms with Gasteiger partial charge in [-0.05, 0) is 26.0 Å². The fourth-order valence-corrected chi connectivity index (χ4v) is 1.74. The van der Waals surface area contributed by atoms with Crippen LogP contribution in [0, 0.1) is 11.3 Å². The number of benzene rings is 1. The topological polar surface area (TPSA) is 70.8 Å². The van der Waals surface area contributed by atoms with Gasteiger partial charge in [-0.2, -0.15) is 23.4 Å². The van der Waals surface area contributed by atoms with E-state index in [1.807, 2.05) is 6.07 Å². The van der Waals surface area contributed by atoms with Gasteiger partial charge in [0.1, 0.15) is 11.6 Å². The molecular weight excluding hydrogens is 309 g/mol. The Morgan fingerprint density at radius 1 is 1.26 bits per heavy atom. The van der Waals surface area contributed by atoms with E-state index in [2.05, 4.69) is 15.3 Å². The molecule has 0 amide bonds. The molecule has 2 aromatic rings. The molecule has 0 aliphatic carbocycles. The van der Waals surface area contributed by atoms with Gasteiger partial charge >= 0.3 is 6.18 Å². The van der Waals surface area contributed by atoms with Gasteiger partial charge in [-0.3, -0.25) is 0 Å². The molecule has 0 bridgehead atoms. The van der Waals surface area contributed by atoms with Crippen LogP contribution >= 0.6 is 0 Å². The van der Waals surface area contributed by atoms with E-state index in [-0.39, 0.29) is 5.95 Å². The van der Waals surface area contributed by atoms with Crippen molar-refractivity contribution in [1.29, 1.82) is 5.26 Å². The van der Waals surface area contributed by atoms with Crippen molar-refractivity contribution >= 4 is 11.6 Å². The Morgan fingerprint density at radius 3 is 2.57 bits per heavy atom. The summed E-state index contributed by atoms with van der Waals surface area (Å²) in [6.45, 7) is 3.20. The van der Waals surface area contributed by atoms with E-state index in [1.165, 1.54) is 0 Å². The Bertz CT molecular complexity index is 738. The summed E-state index contributed by atoms with van der Waals surface area (Å²) < 4.78 is 44.0. The quantitative estimate of drug-likeness (QED) is 0.924. The molecule has 0 aliphatic heterocycles. The van der Waals surface area contributed by atoms with Gasteiger partial charge in [0.15, 0.2) is 0 Å². The number of aromatic nitrogens is 2. The summed E-state index contributed by atoms with van der Waals surface area (Å²) in [6, 6.07) is 8.49. The third-order valence-corrected chi connectivity index (χ3v) is 2.70. The standard InChI is InChI=1S/C15H13F3N4O/c1-9(2)23-13-11(15(16,17)18)8-20-14(22-13)21-12-6-4-3-5-10(12)7-19/h3-6,8-9H,1-2H3,(H,20,21,22). The largest absolute Gasteiger partial charge is 0.474 e. The van der Waals surface area contributed by atoms with Crippen molar-refractivity contribution in [2.45, 2.75) is 26.1 Å². The van der Waals surface area contributed by atoms with Crippen LogP contribution in [0.15, 0.2) is 30.5 Å². The fourth-order valence-electron chi connectivity index (χ4n) is 1.74. The second-order valence-corrected chi connectivity index (χ2v) is 4.86. The van der Waals surface area contributed by atoms with E-state index in [0.29, 0.717) is 17.4 Å². The minimum absolute atomic E-state index is 0.0867. The molecule has 0 atom stereocenters. The molecule has 1 N–H and O–H groups in total. The fraction of sp³-hybridized carbons (Fsp3) is 0.267. The minimum Gasteiger partial charge on any atom is -0.474 e. The highest BCUT2D eigenvalue weighted by Gasteiger charge is 2.36. The van der Waals surface area contributed by atoms with E-state index in [9.17, 15) is 13.2 Å². The van der Waals surface area contributed by atoms with Gasteiger partial charge in [-0.25, -0.2) is 4.98 Å². The molecular formula is C15H13F3N4O. The zero-order valence-electron chi connectivity index (χ0n) is 12.3. The van der Waals surface area contributed by atoms with E-state index in [1.54, 1.807) is 38.1 Å². The van der Waals surface area contributed by atoms with Gasteiger partial charge in [0, 0.05) is 6.20 Å². The zero-order valence-corrected chi connectivity index (χ0v) is 12.3. The van der Waals surface area contributed by atoms with Crippen molar-refractivity contribution < 1.29 is 17.9 Å². The first-order valence-corrected chi connectivity index (χ1v) is 6.68. The highest BCUT2D eigenvalue weighted by atomic mass is 19.4. The predicted octanol–water partition coefficient (Wildman–Crippen LogP) is 3.90. The van der Waals surface area contributed by atoms with Crippen LogP contribution in [0.25, 0.3) is 0 Å². The van der Waals surface area contributed by atoms with Gasteiger partial charge in [-0.1, -0.05) is 12.1 Å². The molecule has 0 aliphatic rings. The number of halogens is 3. The van der Waals surface area contributed by atoms with Crippen molar-refractivity contribution in [2.75, 3.05) is 5.32 Å². The number of alkyl halides is 3. The lowest BCUT2D eigenvalue weighted by atomic mass is 10.2. The highest BCUT2D eigenvalue weighted by molar-refractivity contribution is 5.63. The maximum Gasteiger partial charge on any atom is 0.423 e. The number of nitriles is 1. The number of hydrogen-bond acceptors (Lipinski definition) is 5. The summed E-state index contributed by atoms with van der Waals surface area (Å²) in [5.74, 6) is -0.643. The van der Waals surface area contributed by atoms with Gasteiger partial charge < -0.3 is 10.1 Å². The average molecular weight is 322 g/mol. The lowest BCUT2D eigenvalue weighted by Crippen LogP contribution is -2.15. The Hall–Kier alpha value is -2.82. The average Bonchev–Trinajstić information content (AvgIpc) is 2.46. The number of para-hydroxylation sites is 1. The summed E-state index contributed by atoms with van der Waals surface area (Å²) in [5.41, 5.74) is -0.335. The molecule has 8 heteroatoms. The maximum atomic E-state index is 13.0. The summed E-state index contributed by atoms with van der Waals surface area (Å²) in [6.07, 6.45) is -4.44. The molecule has 0 saturated heterocycles. The third kappa shape index (κ3) is 4.10. The van der Waals surface area contributed by atoms with Crippen molar-refractivity contribution in [3.8, 4) is 11.9 Å². The molecule has 0 unspecified atom stereocenters. The third-order valence-electron chi connectivity index (χ3n) is 2.70. The minimum atomic E-state index is -4.62. The second-order valence-electron chi connectivity index (χ2n) is 4.86. The van der Waals surface area contributed by atoms with Crippen LogP contribution in [0.4, 0.5) is 24.8 Å². The molecule has 0 fully saturated rings. The summed E-state index contributed by atoms with van der Waals surface area (Å²) in [7, 11) is 0. The van der Waals surface area contributed by atoms with E-state index in [4.69, 9.17) is 10.00 Å². The molecule has 0 radical (unpaired) electrons. The Labute approximate surface area is 130 Å². The van der Waals surface area contributed by atoms with Crippen molar-refractivity contribution in [1.82, 2.24) is 9.97 Å². The molecule has 2 rings (SSSR count). The Balaban J connectivity index is 2.39. The van der Waals surface area contributed by atoms with Crippen LogP contribution in [0.5, 0.6) is 5.88 Å². The Morgan fingerprint density at radius 2 is 1.96 bits per heavy atom. The first-order chi connectivity index (χ1) is 10.8. The number of hydrogen-bond donors (Lipinski definition) is 1. The van der Waals surface area contributed by atoms with Crippen LogP contribution in [0.3, 0.4) is 0 Å². The maximum absolute atomic E-state index is 13.0. The van der Waals surface area contributed by atoms with Gasteiger partial charge in [0.05, 0.1) is 17.4 Å². The molecule has 0 saturated carbocycles. The van der Waals surface area contributed by atoms with Gasteiger partial charge in [0.25, 0.3) is 0 Å². The first kappa shape index (κ1) is 16.5. The highest BCUT2D eigenvalue weighted by Crippen LogP contribution is 2.35. The normalized spacial score (nSPS) is 11.2.